The number of nitrogens with one attached hydrogen (secondary N) is 1. The number of hydrogen-bond acceptors (Lipinski definition) is 5. The van der Waals surface area contributed by atoms with Crippen LogP contribution in [0.15, 0.2) is 65.2 Å². The summed E-state index contributed by atoms with van der Waals surface area (Å²) in [7, 11) is 0. The van der Waals surface area contributed by atoms with Gasteiger partial charge < -0.3 is 14.6 Å². The van der Waals surface area contributed by atoms with Gasteiger partial charge in [-0.3, -0.25) is 9.69 Å². The Balaban J connectivity index is 1.22. The molecule has 6 nitrogen and oxygen atoms in total. The standard InChI is InChI=1S/C25H30N4O2/c1-2-28-14-16-29(17-15-28)19-20-8-10-22(11-9-20)27-24(30)12-13-25-26-18-23(31-25)21-6-4-3-5-7-21/h3-11,18H,2,12-17,19H2,1H3,(H,27,30). The molecule has 0 spiro atoms. The van der Waals surface area contributed by atoms with E-state index >= 15 is 0 Å². The van der Waals surface area contributed by atoms with Crippen LogP contribution in [-0.4, -0.2) is 53.4 Å². The minimum Gasteiger partial charge on any atom is -0.441 e. The Labute approximate surface area is 183 Å². The van der Waals surface area contributed by atoms with E-state index in [1.807, 2.05) is 42.5 Å². The van der Waals surface area contributed by atoms with Gasteiger partial charge in [0, 0.05) is 56.8 Å². The predicted molar refractivity (Wildman–Crippen MR) is 123 cm³/mol. The van der Waals surface area contributed by atoms with Crippen molar-refractivity contribution in [3.8, 4) is 11.3 Å². The maximum absolute atomic E-state index is 12.3. The van der Waals surface area contributed by atoms with E-state index in [0.29, 0.717) is 18.7 Å². The van der Waals surface area contributed by atoms with Crippen molar-refractivity contribution in [1.29, 1.82) is 0 Å². The molecule has 1 saturated heterocycles. The van der Waals surface area contributed by atoms with E-state index in [2.05, 4.69) is 39.2 Å². The normalized spacial score (nSPS) is 15.1. The number of aryl methyl sites for hydroxylation is 1. The number of nitrogens with zero attached hydrogens (tertiary/aromatic N) is 3. The fourth-order valence-corrected chi connectivity index (χ4v) is 3.82. The summed E-state index contributed by atoms with van der Waals surface area (Å²) in [6.07, 6.45) is 2.52. The summed E-state index contributed by atoms with van der Waals surface area (Å²) in [5.41, 5.74) is 3.08. The Morgan fingerprint density at radius 2 is 1.71 bits per heavy atom. The van der Waals surface area contributed by atoms with Gasteiger partial charge >= 0.3 is 0 Å². The highest BCUT2D eigenvalue weighted by molar-refractivity contribution is 5.90. The molecule has 1 fully saturated rings. The molecule has 31 heavy (non-hydrogen) atoms. The number of carbonyl (C=O) groups excluding carboxylic acids is 1. The van der Waals surface area contributed by atoms with Gasteiger partial charge in [0.05, 0.1) is 6.20 Å². The molecule has 1 aliphatic heterocycles. The van der Waals surface area contributed by atoms with Crippen LogP contribution in [0.2, 0.25) is 0 Å². The van der Waals surface area contributed by atoms with E-state index in [0.717, 1.165) is 56.3 Å². The first-order valence-corrected chi connectivity index (χ1v) is 11.0. The molecule has 1 amide bonds. The molecule has 0 radical (unpaired) electrons. The lowest BCUT2D eigenvalue weighted by Crippen LogP contribution is -2.45. The van der Waals surface area contributed by atoms with Crippen molar-refractivity contribution in [2.45, 2.75) is 26.3 Å². The van der Waals surface area contributed by atoms with E-state index < -0.39 is 0 Å². The number of piperazine rings is 1. The highest BCUT2D eigenvalue weighted by Crippen LogP contribution is 2.20. The van der Waals surface area contributed by atoms with E-state index in [1.54, 1.807) is 6.20 Å². The second-order valence-electron chi connectivity index (χ2n) is 7.94. The van der Waals surface area contributed by atoms with Gasteiger partial charge in [0.2, 0.25) is 5.91 Å². The molecule has 0 atom stereocenters. The first kappa shape index (κ1) is 21.3. The number of anilines is 1. The van der Waals surface area contributed by atoms with E-state index in [9.17, 15) is 4.79 Å². The number of rotatable bonds is 8. The maximum atomic E-state index is 12.3. The number of hydrogen-bond donors (Lipinski definition) is 1. The molecule has 0 unspecified atom stereocenters. The van der Waals surface area contributed by atoms with Crippen LogP contribution in [0, 0.1) is 0 Å². The number of oxazole rings is 1. The third-order valence-corrected chi connectivity index (χ3v) is 5.73. The molecule has 162 valence electrons. The number of amides is 1. The lowest BCUT2D eigenvalue weighted by molar-refractivity contribution is -0.116. The van der Waals surface area contributed by atoms with Crippen molar-refractivity contribution in [2.24, 2.45) is 0 Å². The highest BCUT2D eigenvalue weighted by atomic mass is 16.4. The van der Waals surface area contributed by atoms with Crippen molar-refractivity contribution >= 4 is 11.6 Å². The fourth-order valence-electron chi connectivity index (χ4n) is 3.82. The molecular weight excluding hydrogens is 388 g/mol. The number of aromatic nitrogens is 1. The average Bonchev–Trinajstić information content (AvgIpc) is 3.29. The van der Waals surface area contributed by atoms with Gasteiger partial charge in [-0.25, -0.2) is 4.98 Å². The van der Waals surface area contributed by atoms with Crippen LogP contribution in [0.1, 0.15) is 24.8 Å². The highest BCUT2D eigenvalue weighted by Gasteiger charge is 2.15. The molecule has 1 aromatic heterocycles. The molecule has 1 aliphatic rings. The number of benzene rings is 2. The third kappa shape index (κ3) is 6.03. The summed E-state index contributed by atoms with van der Waals surface area (Å²) in [6.45, 7) is 8.81. The zero-order valence-electron chi connectivity index (χ0n) is 18.1. The van der Waals surface area contributed by atoms with Gasteiger partial charge in [-0.05, 0) is 24.2 Å². The minimum atomic E-state index is -0.0390. The SMILES string of the molecule is CCN1CCN(Cc2ccc(NC(=O)CCc3ncc(-c4ccccc4)o3)cc2)CC1. The van der Waals surface area contributed by atoms with Crippen LogP contribution >= 0.6 is 0 Å². The summed E-state index contributed by atoms with van der Waals surface area (Å²) < 4.78 is 5.77. The van der Waals surface area contributed by atoms with Gasteiger partial charge in [0.15, 0.2) is 11.7 Å². The predicted octanol–water partition coefficient (Wildman–Crippen LogP) is 4.05. The van der Waals surface area contributed by atoms with Crippen LogP contribution < -0.4 is 5.32 Å². The second-order valence-corrected chi connectivity index (χ2v) is 7.94. The first-order valence-electron chi connectivity index (χ1n) is 11.0. The topological polar surface area (TPSA) is 61.6 Å². The summed E-state index contributed by atoms with van der Waals surface area (Å²) in [6, 6.07) is 18.0. The van der Waals surface area contributed by atoms with E-state index in [4.69, 9.17) is 4.42 Å². The average molecular weight is 419 g/mol. The zero-order valence-corrected chi connectivity index (χ0v) is 18.1. The molecule has 3 aromatic rings. The Kier molecular flexibility index (Phi) is 7.12. The molecule has 0 aliphatic carbocycles. The molecule has 1 N–H and O–H groups in total. The van der Waals surface area contributed by atoms with Crippen LogP contribution in [-0.2, 0) is 17.8 Å². The Hall–Kier alpha value is -2.96. The smallest absolute Gasteiger partial charge is 0.224 e. The first-order chi connectivity index (χ1) is 15.2. The number of likely N-dealkylation sites (N-methyl/N-ethyl adjacent to an activating group) is 1. The molecule has 2 aromatic carbocycles. The molecule has 0 saturated carbocycles. The van der Waals surface area contributed by atoms with Gasteiger partial charge in [-0.2, -0.15) is 0 Å². The van der Waals surface area contributed by atoms with E-state index in [1.165, 1.54) is 5.56 Å². The Morgan fingerprint density at radius 3 is 2.42 bits per heavy atom. The molecule has 4 rings (SSSR count). The van der Waals surface area contributed by atoms with Crippen LogP contribution in [0.25, 0.3) is 11.3 Å². The molecular formula is C25H30N4O2. The van der Waals surface area contributed by atoms with Crippen molar-refractivity contribution in [3.05, 3.63) is 72.2 Å². The maximum Gasteiger partial charge on any atom is 0.224 e. The fraction of sp³-hybridized carbons (Fsp3) is 0.360. The van der Waals surface area contributed by atoms with Crippen molar-refractivity contribution in [1.82, 2.24) is 14.8 Å². The van der Waals surface area contributed by atoms with Gasteiger partial charge in [-0.1, -0.05) is 49.4 Å². The van der Waals surface area contributed by atoms with Crippen LogP contribution in [0.4, 0.5) is 5.69 Å². The summed E-state index contributed by atoms with van der Waals surface area (Å²) in [5.74, 6) is 1.26. The van der Waals surface area contributed by atoms with Crippen molar-refractivity contribution in [3.63, 3.8) is 0 Å². The number of carbonyl (C=O) groups is 1. The lowest BCUT2D eigenvalue weighted by atomic mass is 10.1. The van der Waals surface area contributed by atoms with Gasteiger partial charge in [-0.15, -0.1) is 0 Å². The van der Waals surface area contributed by atoms with Crippen LogP contribution in [0.3, 0.4) is 0 Å². The quantitative estimate of drug-likeness (QED) is 0.598. The van der Waals surface area contributed by atoms with Gasteiger partial charge in [0.1, 0.15) is 0 Å². The summed E-state index contributed by atoms with van der Waals surface area (Å²) in [4.78, 5) is 21.6. The Bertz CT molecular complexity index is 961. The second kappa shape index (κ2) is 10.4. The lowest BCUT2D eigenvalue weighted by Gasteiger charge is -2.34. The zero-order chi connectivity index (χ0) is 21.5. The van der Waals surface area contributed by atoms with E-state index in [-0.39, 0.29) is 5.91 Å². The Morgan fingerprint density at radius 1 is 1.00 bits per heavy atom. The summed E-state index contributed by atoms with van der Waals surface area (Å²) in [5, 5.41) is 2.97. The largest absolute Gasteiger partial charge is 0.441 e. The van der Waals surface area contributed by atoms with Crippen LogP contribution in [0.5, 0.6) is 0 Å². The van der Waals surface area contributed by atoms with Crippen molar-refractivity contribution in [2.75, 3.05) is 38.0 Å². The van der Waals surface area contributed by atoms with Gasteiger partial charge in [0.25, 0.3) is 0 Å². The monoisotopic (exact) mass is 418 g/mol. The van der Waals surface area contributed by atoms with Crippen molar-refractivity contribution < 1.29 is 9.21 Å². The summed E-state index contributed by atoms with van der Waals surface area (Å²) >= 11 is 0. The minimum absolute atomic E-state index is 0.0390. The molecule has 2 heterocycles. The molecule has 0 bridgehead atoms. The molecule has 6 heteroatoms. The third-order valence-electron chi connectivity index (χ3n) is 5.73.